The fourth-order valence-electron chi connectivity index (χ4n) is 3.32. The Balaban J connectivity index is 1.98. The largest absolute Gasteiger partial charge is 0.465 e. The molecule has 0 N–H and O–H groups in total. The van der Waals surface area contributed by atoms with Gasteiger partial charge in [-0.05, 0) is 42.5 Å². The number of sulfonamides is 1. The molecule has 0 aromatic heterocycles. The molecule has 0 spiro atoms. The summed E-state index contributed by atoms with van der Waals surface area (Å²) in [5.41, 5.74) is -0.900. The molecule has 180 valence electrons. The number of benzene rings is 2. The lowest BCUT2D eigenvalue weighted by Gasteiger charge is -2.31. The van der Waals surface area contributed by atoms with Crippen LogP contribution in [0.3, 0.4) is 0 Å². The molecule has 1 fully saturated rings. The lowest BCUT2D eigenvalue weighted by Crippen LogP contribution is -2.43. The normalized spacial score (nSPS) is 15.3. The number of carbonyl (C=O) groups is 1. The van der Waals surface area contributed by atoms with Crippen LogP contribution >= 0.6 is 11.6 Å². The van der Waals surface area contributed by atoms with E-state index in [9.17, 15) is 26.4 Å². The van der Waals surface area contributed by atoms with Crippen molar-refractivity contribution in [3.63, 3.8) is 0 Å². The second-order valence-corrected chi connectivity index (χ2v) is 9.48. The van der Waals surface area contributed by atoms with Gasteiger partial charge in [-0.3, -0.25) is 9.21 Å². The maximum absolute atomic E-state index is 13.5. The summed E-state index contributed by atoms with van der Waals surface area (Å²) in [6.07, 6.45) is -4.62. The second kappa shape index (κ2) is 10.3. The molecule has 12 heteroatoms. The van der Waals surface area contributed by atoms with Crippen LogP contribution in [0, 0.1) is 0 Å². The summed E-state index contributed by atoms with van der Waals surface area (Å²) in [6.45, 7) is 2.48. The number of morpholine rings is 1. The van der Waals surface area contributed by atoms with Crippen LogP contribution in [-0.4, -0.2) is 65.8 Å². The van der Waals surface area contributed by atoms with Gasteiger partial charge in [-0.15, -0.1) is 0 Å². The number of nitrogens with zero attached hydrogens (tertiary/aromatic N) is 2. The number of hydrogen-bond acceptors (Lipinski definition) is 6. The molecule has 1 heterocycles. The van der Waals surface area contributed by atoms with Crippen LogP contribution < -0.4 is 4.31 Å². The van der Waals surface area contributed by atoms with Gasteiger partial charge in [-0.2, -0.15) is 13.2 Å². The van der Waals surface area contributed by atoms with Crippen LogP contribution in [0.2, 0.25) is 5.02 Å². The van der Waals surface area contributed by atoms with E-state index in [-0.39, 0.29) is 27.7 Å². The highest BCUT2D eigenvalue weighted by Gasteiger charge is 2.33. The molecule has 0 saturated carbocycles. The molecule has 1 aliphatic heterocycles. The van der Waals surface area contributed by atoms with Gasteiger partial charge in [0.05, 0.1) is 47.1 Å². The Labute approximate surface area is 194 Å². The van der Waals surface area contributed by atoms with Crippen LogP contribution in [0.15, 0.2) is 47.4 Å². The van der Waals surface area contributed by atoms with E-state index >= 15 is 0 Å². The maximum Gasteiger partial charge on any atom is 0.416 e. The van der Waals surface area contributed by atoms with E-state index in [0.717, 1.165) is 16.4 Å². The van der Waals surface area contributed by atoms with Gasteiger partial charge < -0.3 is 9.47 Å². The Morgan fingerprint density at radius 2 is 1.79 bits per heavy atom. The quantitative estimate of drug-likeness (QED) is 0.533. The number of esters is 1. The van der Waals surface area contributed by atoms with Gasteiger partial charge in [-0.25, -0.2) is 13.2 Å². The lowest BCUT2D eigenvalue weighted by molar-refractivity contribution is -0.137. The molecule has 0 bridgehead atoms. The highest BCUT2D eigenvalue weighted by molar-refractivity contribution is 7.92. The third kappa shape index (κ3) is 5.97. The molecule has 0 unspecified atom stereocenters. The van der Waals surface area contributed by atoms with E-state index in [1.54, 1.807) is 0 Å². The van der Waals surface area contributed by atoms with Gasteiger partial charge >= 0.3 is 12.1 Å². The minimum Gasteiger partial charge on any atom is -0.465 e. The highest BCUT2D eigenvalue weighted by atomic mass is 35.5. The molecule has 1 saturated heterocycles. The third-order valence-electron chi connectivity index (χ3n) is 5.13. The second-order valence-electron chi connectivity index (χ2n) is 7.21. The smallest absolute Gasteiger partial charge is 0.416 e. The molecule has 3 rings (SSSR count). The predicted octanol–water partition coefficient (Wildman–Crippen LogP) is 3.67. The molecule has 0 atom stereocenters. The average molecular weight is 507 g/mol. The number of hydrogen-bond donors (Lipinski definition) is 0. The zero-order valence-electron chi connectivity index (χ0n) is 17.6. The molecule has 0 aliphatic carbocycles. The van der Waals surface area contributed by atoms with E-state index in [4.69, 9.17) is 16.3 Å². The van der Waals surface area contributed by atoms with Crippen LogP contribution in [0.5, 0.6) is 0 Å². The van der Waals surface area contributed by atoms with Crippen molar-refractivity contribution in [3.05, 3.63) is 58.6 Å². The third-order valence-corrected chi connectivity index (χ3v) is 7.26. The first-order valence-corrected chi connectivity index (χ1v) is 11.7. The maximum atomic E-state index is 13.5. The Hall–Kier alpha value is -2.34. The first kappa shape index (κ1) is 25.3. The number of carbonyl (C=O) groups excluding carboxylic acids is 1. The molecule has 0 radical (unpaired) electrons. The highest BCUT2D eigenvalue weighted by Crippen LogP contribution is 2.37. The Bertz CT molecular complexity index is 1090. The van der Waals surface area contributed by atoms with Gasteiger partial charge in [0.15, 0.2) is 0 Å². The number of halogens is 4. The van der Waals surface area contributed by atoms with Gasteiger partial charge in [0.1, 0.15) is 0 Å². The summed E-state index contributed by atoms with van der Waals surface area (Å²) >= 11 is 6.13. The average Bonchev–Trinajstić information content (AvgIpc) is 2.79. The van der Waals surface area contributed by atoms with Gasteiger partial charge in [0.25, 0.3) is 10.0 Å². The zero-order chi connectivity index (χ0) is 24.2. The van der Waals surface area contributed by atoms with Crippen molar-refractivity contribution in [3.8, 4) is 0 Å². The first-order chi connectivity index (χ1) is 15.5. The summed E-state index contributed by atoms with van der Waals surface area (Å²) in [7, 11) is -3.02. The predicted molar refractivity (Wildman–Crippen MR) is 116 cm³/mol. The van der Waals surface area contributed by atoms with Gasteiger partial charge in [0.2, 0.25) is 0 Å². The standard InChI is InChI=1S/C21H22ClF3N2O5S/c1-31-20(28)15-2-5-17(6-3-15)33(29,30)27(9-8-26-10-12-32-13-11-26)19-7-4-16(14-18(19)22)21(23,24)25/h2-7,14H,8-13H2,1H3. The number of rotatable bonds is 7. The van der Waals surface area contributed by atoms with Crippen molar-refractivity contribution in [2.75, 3.05) is 50.8 Å². The first-order valence-electron chi connectivity index (χ1n) is 9.92. The molecule has 1 aliphatic rings. The molecule has 0 amide bonds. The summed E-state index contributed by atoms with van der Waals surface area (Å²) in [5.74, 6) is -0.631. The van der Waals surface area contributed by atoms with Crippen molar-refractivity contribution >= 4 is 33.3 Å². The van der Waals surface area contributed by atoms with Crippen molar-refractivity contribution < 1.29 is 35.9 Å². The van der Waals surface area contributed by atoms with Crippen molar-refractivity contribution in [2.24, 2.45) is 0 Å². The SMILES string of the molecule is COC(=O)c1ccc(S(=O)(=O)N(CCN2CCOCC2)c2ccc(C(F)(F)F)cc2Cl)cc1. The Morgan fingerprint density at radius 1 is 1.15 bits per heavy atom. The number of ether oxygens (including phenoxy) is 2. The zero-order valence-corrected chi connectivity index (χ0v) is 19.2. The topological polar surface area (TPSA) is 76.2 Å². The monoisotopic (exact) mass is 506 g/mol. The Morgan fingerprint density at radius 3 is 2.33 bits per heavy atom. The van der Waals surface area contributed by atoms with Crippen molar-refractivity contribution in [2.45, 2.75) is 11.1 Å². The van der Waals surface area contributed by atoms with Gasteiger partial charge in [0, 0.05) is 26.2 Å². The van der Waals surface area contributed by atoms with E-state index in [2.05, 4.69) is 4.74 Å². The molecule has 33 heavy (non-hydrogen) atoms. The molecule has 7 nitrogen and oxygen atoms in total. The molecule has 2 aromatic carbocycles. The summed E-state index contributed by atoms with van der Waals surface area (Å²) < 4.78 is 77.1. The Kier molecular flexibility index (Phi) is 7.88. The van der Waals surface area contributed by atoms with E-state index in [1.807, 2.05) is 4.90 Å². The number of alkyl halides is 3. The van der Waals surface area contributed by atoms with Crippen LogP contribution in [0.1, 0.15) is 15.9 Å². The minimum atomic E-state index is -4.62. The van der Waals surface area contributed by atoms with E-state index in [0.29, 0.717) is 38.9 Å². The number of anilines is 1. The van der Waals surface area contributed by atoms with Crippen LogP contribution in [-0.2, 0) is 25.7 Å². The summed E-state index contributed by atoms with van der Waals surface area (Å²) in [5, 5.41) is -0.346. The summed E-state index contributed by atoms with van der Waals surface area (Å²) in [4.78, 5) is 13.5. The van der Waals surface area contributed by atoms with E-state index < -0.39 is 27.7 Å². The molecular weight excluding hydrogens is 485 g/mol. The van der Waals surface area contributed by atoms with Crippen LogP contribution in [0.25, 0.3) is 0 Å². The number of methoxy groups -OCH3 is 1. The minimum absolute atomic E-state index is 0.0494. The van der Waals surface area contributed by atoms with Crippen molar-refractivity contribution in [1.29, 1.82) is 0 Å². The fraction of sp³-hybridized carbons (Fsp3) is 0.381. The summed E-state index contributed by atoms with van der Waals surface area (Å²) in [6, 6.07) is 7.61. The van der Waals surface area contributed by atoms with E-state index in [1.165, 1.54) is 31.4 Å². The lowest BCUT2D eigenvalue weighted by atomic mass is 10.2. The van der Waals surface area contributed by atoms with Crippen molar-refractivity contribution in [1.82, 2.24) is 4.90 Å². The van der Waals surface area contributed by atoms with Gasteiger partial charge in [-0.1, -0.05) is 11.6 Å². The molecule has 2 aromatic rings. The fourth-order valence-corrected chi connectivity index (χ4v) is 5.13. The van der Waals surface area contributed by atoms with Crippen LogP contribution in [0.4, 0.5) is 18.9 Å². The molecular formula is C21H22ClF3N2O5S.